The van der Waals surface area contributed by atoms with E-state index in [1.54, 1.807) is 14.2 Å². The molecule has 0 saturated heterocycles. The molecule has 0 aliphatic carbocycles. The van der Waals surface area contributed by atoms with Gasteiger partial charge in [0.25, 0.3) is 0 Å². The lowest BCUT2D eigenvalue weighted by Crippen LogP contribution is -2.13. The fourth-order valence-electron chi connectivity index (χ4n) is 2.00. The number of aromatic nitrogens is 1. The van der Waals surface area contributed by atoms with E-state index in [1.807, 2.05) is 18.2 Å². The molecule has 110 valence electrons. The highest BCUT2D eigenvalue weighted by molar-refractivity contribution is 7.15. The lowest BCUT2D eigenvalue weighted by molar-refractivity contribution is 0.404. The van der Waals surface area contributed by atoms with E-state index in [1.165, 1.54) is 11.3 Å². The molecule has 2 rings (SSSR count). The van der Waals surface area contributed by atoms with Crippen LogP contribution in [0.4, 0.5) is 0 Å². The molecule has 0 unspecified atom stereocenters. The van der Waals surface area contributed by atoms with E-state index in [0.717, 1.165) is 27.8 Å². The molecule has 1 aromatic heterocycles. The van der Waals surface area contributed by atoms with Crippen molar-refractivity contribution in [3.8, 4) is 28.1 Å². The molecule has 0 radical (unpaired) electrons. The molecule has 0 saturated carbocycles. The summed E-state index contributed by atoms with van der Waals surface area (Å²) in [6, 6.07) is 7.81. The van der Waals surface area contributed by atoms with Crippen molar-refractivity contribution in [2.45, 2.75) is 26.2 Å². The molecule has 0 amide bonds. The van der Waals surface area contributed by atoms with Crippen molar-refractivity contribution in [3.63, 3.8) is 0 Å². The van der Waals surface area contributed by atoms with Crippen LogP contribution < -0.4 is 9.47 Å². The van der Waals surface area contributed by atoms with Crippen molar-refractivity contribution in [1.82, 2.24) is 4.98 Å². The monoisotopic (exact) mass is 302 g/mol. The first-order chi connectivity index (χ1) is 9.90. The van der Waals surface area contributed by atoms with Crippen LogP contribution in [0.5, 0.6) is 11.5 Å². The van der Waals surface area contributed by atoms with Crippen molar-refractivity contribution >= 4 is 11.3 Å². The van der Waals surface area contributed by atoms with E-state index >= 15 is 0 Å². The van der Waals surface area contributed by atoms with E-state index in [4.69, 9.17) is 9.47 Å². The highest BCUT2D eigenvalue weighted by atomic mass is 32.1. The molecule has 0 atom stereocenters. The Balaban J connectivity index is 2.62. The van der Waals surface area contributed by atoms with Gasteiger partial charge in [-0.05, 0) is 18.2 Å². The third kappa shape index (κ3) is 3.01. The third-order valence-corrected chi connectivity index (χ3v) is 4.07. The first-order valence-electron chi connectivity index (χ1n) is 6.54. The zero-order valence-electron chi connectivity index (χ0n) is 12.9. The zero-order chi connectivity index (χ0) is 15.6. The van der Waals surface area contributed by atoms with Crippen LogP contribution in [0.2, 0.25) is 0 Å². The number of thiazole rings is 1. The second kappa shape index (κ2) is 5.74. The summed E-state index contributed by atoms with van der Waals surface area (Å²) in [4.78, 5) is 5.31. The summed E-state index contributed by atoms with van der Waals surface area (Å²) in [5.41, 5.74) is 1.48. The van der Waals surface area contributed by atoms with Gasteiger partial charge in [-0.15, -0.1) is 11.3 Å². The third-order valence-electron chi connectivity index (χ3n) is 3.08. The topological polar surface area (TPSA) is 55.1 Å². The Bertz CT molecular complexity index is 693. The minimum atomic E-state index is -0.175. The molecule has 5 heteroatoms. The molecule has 2 aromatic rings. The maximum absolute atomic E-state index is 9.33. The summed E-state index contributed by atoms with van der Waals surface area (Å²) >= 11 is 1.38. The summed E-state index contributed by atoms with van der Waals surface area (Å²) in [7, 11) is 3.24. The summed E-state index contributed by atoms with van der Waals surface area (Å²) in [5.74, 6) is 1.45. The Morgan fingerprint density at radius 2 is 1.90 bits per heavy atom. The molecule has 1 aromatic carbocycles. The van der Waals surface area contributed by atoms with E-state index in [-0.39, 0.29) is 5.41 Å². The smallest absolute Gasteiger partial charge is 0.129 e. The van der Waals surface area contributed by atoms with Crippen LogP contribution in [0.1, 0.15) is 31.3 Å². The zero-order valence-corrected chi connectivity index (χ0v) is 13.7. The Hall–Kier alpha value is -2.06. The fraction of sp³-hybridized carbons (Fsp3) is 0.375. The minimum absolute atomic E-state index is 0.175. The van der Waals surface area contributed by atoms with Gasteiger partial charge in [0.05, 0.1) is 25.5 Å². The summed E-state index contributed by atoms with van der Waals surface area (Å²) in [5, 5.41) is 10.1. The molecule has 0 aliphatic heterocycles. The van der Waals surface area contributed by atoms with Gasteiger partial charge in [0.1, 0.15) is 27.5 Å². The molecule has 21 heavy (non-hydrogen) atoms. The molecule has 0 fully saturated rings. The van der Waals surface area contributed by atoms with Gasteiger partial charge in [-0.1, -0.05) is 20.8 Å². The van der Waals surface area contributed by atoms with Gasteiger partial charge in [-0.3, -0.25) is 0 Å². The van der Waals surface area contributed by atoms with Crippen LogP contribution in [0.3, 0.4) is 0 Å². The molecular formula is C16H18N2O2S. The quantitative estimate of drug-likeness (QED) is 0.860. The Morgan fingerprint density at radius 1 is 1.19 bits per heavy atom. The average Bonchev–Trinajstić information content (AvgIpc) is 2.90. The van der Waals surface area contributed by atoms with Crippen molar-refractivity contribution in [1.29, 1.82) is 5.26 Å². The lowest BCUT2D eigenvalue weighted by Gasteiger charge is -2.15. The molecule has 4 nitrogen and oxygen atoms in total. The summed E-state index contributed by atoms with van der Waals surface area (Å²) < 4.78 is 10.7. The van der Waals surface area contributed by atoms with E-state index in [9.17, 15) is 5.26 Å². The number of hydrogen-bond donors (Lipinski definition) is 0. The van der Waals surface area contributed by atoms with Gasteiger partial charge in [-0.25, -0.2) is 4.98 Å². The van der Waals surface area contributed by atoms with Crippen molar-refractivity contribution in [2.24, 2.45) is 0 Å². The first-order valence-corrected chi connectivity index (χ1v) is 7.36. The van der Waals surface area contributed by atoms with Gasteiger partial charge in [0.2, 0.25) is 0 Å². The van der Waals surface area contributed by atoms with Gasteiger partial charge in [-0.2, -0.15) is 5.26 Å². The number of ether oxygens (including phenoxy) is 2. The van der Waals surface area contributed by atoms with Crippen molar-refractivity contribution < 1.29 is 9.47 Å². The Kier molecular flexibility index (Phi) is 4.19. The molecular weight excluding hydrogens is 284 g/mol. The Morgan fingerprint density at radius 3 is 2.38 bits per heavy atom. The van der Waals surface area contributed by atoms with Crippen LogP contribution in [-0.2, 0) is 5.41 Å². The average molecular weight is 302 g/mol. The molecule has 0 N–H and O–H groups in total. The predicted octanol–water partition coefficient (Wildman–Crippen LogP) is 4.00. The van der Waals surface area contributed by atoms with Crippen LogP contribution in [0.25, 0.3) is 10.6 Å². The molecule has 0 spiro atoms. The second-order valence-electron chi connectivity index (χ2n) is 5.62. The largest absolute Gasteiger partial charge is 0.497 e. The van der Waals surface area contributed by atoms with Crippen molar-refractivity contribution in [3.05, 3.63) is 28.8 Å². The summed E-state index contributed by atoms with van der Waals surface area (Å²) in [6.07, 6.45) is 0. The van der Waals surface area contributed by atoms with Gasteiger partial charge >= 0.3 is 0 Å². The first kappa shape index (κ1) is 15.3. The second-order valence-corrected chi connectivity index (χ2v) is 6.62. The van der Waals surface area contributed by atoms with E-state index in [2.05, 4.69) is 31.8 Å². The van der Waals surface area contributed by atoms with Crippen LogP contribution >= 0.6 is 11.3 Å². The standard InChI is InChI=1S/C16H18N2O2S/c1-16(2,3)14-13(9-17)21-15(18-14)11-8-10(19-4)6-7-12(11)20-5/h6-8H,1-5H3. The van der Waals surface area contributed by atoms with E-state index < -0.39 is 0 Å². The van der Waals surface area contributed by atoms with Crippen LogP contribution in [0, 0.1) is 11.3 Å². The van der Waals surface area contributed by atoms with Gasteiger partial charge < -0.3 is 9.47 Å². The fourth-order valence-corrected chi connectivity index (χ4v) is 3.09. The number of rotatable bonds is 3. The Labute approximate surface area is 129 Å². The minimum Gasteiger partial charge on any atom is -0.497 e. The number of benzene rings is 1. The number of methoxy groups -OCH3 is 2. The molecule has 0 bridgehead atoms. The van der Waals surface area contributed by atoms with Gasteiger partial charge in [0, 0.05) is 5.41 Å². The number of nitriles is 1. The number of hydrogen-bond acceptors (Lipinski definition) is 5. The van der Waals surface area contributed by atoms with Crippen LogP contribution in [-0.4, -0.2) is 19.2 Å². The molecule has 0 aliphatic rings. The number of nitrogens with zero attached hydrogens (tertiary/aromatic N) is 2. The normalized spacial score (nSPS) is 11.0. The maximum atomic E-state index is 9.33. The van der Waals surface area contributed by atoms with E-state index in [0.29, 0.717) is 4.88 Å². The van der Waals surface area contributed by atoms with Gasteiger partial charge in [0.15, 0.2) is 0 Å². The highest BCUT2D eigenvalue weighted by Crippen LogP contribution is 2.39. The highest BCUT2D eigenvalue weighted by Gasteiger charge is 2.24. The summed E-state index contributed by atoms with van der Waals surface area (Å²) in [6.45, 7) is 6.15. The lowest BCUT2D eigenvalue weighted by atomic mass is 9.91. The van der Waals surface area contributed by atoms with Crippen molar-refractivity contribution in [2.75, 3.05) is 14.2 Å². The SMILES string of the molecule is COc1ccc(OC)c(-c2nc(C(C)(C)C)c(C#N)s2)c1. The molecule has 1 heterocycles. The van der Waals surface area contributed by atoms with Crippen LogP contribution in [0.15, 0.2) is 18.2 Å². The predicted molar refractivity (Wildman–Crippen MR) is 84.1 cm³/mol. The maximum Gasteiger partial charge on any atom is 0.129 e.